The molecule has 2 heterocycles. The number of methoxy groups -OCH3 is 1. The Morgan fingerprint density at radius 1 is 1.26 bits per heavy atom. The molecule has 0 saturated carbocycles. The van der Waals surface area contributed by atoms with E-state index in [-0.39, 0.29) is 23.0 Å². The third-order valence-corrected chi connectivity index (χ3v) is 5.19. The van der Waals surface area contributed by atoms with Crippen molar-refractivity contribution in [1.82, 2.24) is 9.21 Å². The number of hydrogen-bond donors (Lipinski definition) is 1. The zero-order chi connectivity index (χ0) is 19.8. The smallest absolute Gasteiger partial charge is 0.411 e. The Bertz CT molecular complexity index is 912. The first kappa shape index (κ1) is 18.9. The number of amides is 2. The number of benzene rings is 1. The summed E-state index contributed by atoms with van der Waals surface area (Å²) in [5.41, 5.74) is 0.868. The third-order valence-electron chi connectivity index (χ3n) is 4.28. The van der Waals surface area contributed by atoms with Gasteiger partial charge in [0.05, 0.1) is 7.11 Å². The summed E-state index contributed by atoms with van der Waals surface area (Å²) in [4.78, 5) is 37.1. The summed E-state index contributed by atoms with van der Waals surface area (Å²) in [5, 5.41) is 0. The van der Waals surface area contributed by atoms with Crippen LogP contribution in [0.15, 0.2) is 42.0 Å². The van der Waals surface area contributed by atoms with Gasteiger partial charge in [-0.05, 0) is 11.1 Å². The minimum absolute atomic E-state index is 0.0419. The predicted molar refractivity (Wildman–Crippen MR) is 89.4 cm³/mol. The number of nitrogens with zero attached hydrogens (tertiary/aromatic N) is 2. The summed E-state index contributed by atoms with van der Waals surface area (Å²) >= 11 is 0. The molecule has 1 aromatic carbocycles. The van der Waals surface area contributed by atoms with Gasteiger partial charge in [0.25, 0.3) is 5.91 Å². The van der Waals surface area contributed by atoms with Crippen molar-refractivity contribution in [2.24, 2.45) is 0 Å². The lowest BCUT2D eigenvalue weighted by molar-refractivity contribution is -0.143. The second kappa shape index (κ2) is 7.00. The number of carbonyl (C=O) groups excluding carboxylic acids is 3. The van der Waals surface area contributed by atoms with Gasteiger partial charge in [-0.2, -0.15) is 8.42 Å². The van der Waals surface area contributed by atoms with Crippen LogP contribution in [0.4, 0.5) is 4.79 Å². The normalized spacial score (nSPS) is 23.0. The first-order chi connectivity index (χ1) is 12.7. The zero-order valence-electron chi connectivity index (χ0n) is 14.1. The monoisotopic (exact) mass is 396 g/mol. The summed E-state index contributed by atoms with van der Waals surface area (Å²) in [6.07, 6.45) is 0.151. The van der Waals surface area contributed by atoms with Gasteiger partial charge in [0.1, 0.15) is 18.7 Å². The van der Waals surface area contributed by atoms with E-state index in [2.05, 4.69) is 4.74 Å². The Kier molecular flexibility index (Phi) is 4.89. The summed E-state index contributed by atoms with van der Waals surface area (Å²) in [6.45, 7) is -0.254. The van der Waals surface area contributed by atoms with Gasteiger partial charge in [0, 0.05) is 12.6 Å². The van der Waals surface area contributed by atoms with Crippen molar-refractivity contribution in [3.63, 3.8) is 0 Å². The number of ether oxygens (including phenoxy) is 2. The van der Waals surface area contributed by atoms with Gasteiger partial charge < -0.3 is 9.47 Å². The van der Waals surface area contributed by atoms with Crippen LogP contribution < -0.4 is 0 Å². The average molecular weight is 396 g/mol. The van der Waals surface area contributed by atoms with Crippen LogP contribution in [0.3, 0.4) is 0 Å². The lowest BCUT2D eigenvalue weighted by Gasteiger charge is -2.42. The van der Waals surface area contributed by atoms with Crippen molar-refractivity contribution in [3.8, 4) is 0 Å². The van der Waals surface area contributed by atoms with E-state index in [0.717, 1.165) is 23.6 Å². The van der Waals surface area contributed by atoms with Crippen LogP contribution >= 0.6 is 0 Å². The van der Waals surface area contributed by atoms with Crippen molar-refractivity contribution in [2.75, 3.05) is 13.7 Å². The van der Waals surface area contributed by atoms with Gasteiger partial charge in [0.2, 0.25) is 0 Å². The second-order valence-electron chi connectivity index (χ2n) is 5.91. The van der Waals surface area contributed by atoms with Crippen LogP contribution in [0.25, 0.3) is 0 Å². The van der Waals surface area contributed by atoms with E-state index in [9.17, 15) is 27.4 Å². The van der Waals surface area contributed by atoms with Gasteiger partial charge in [0.15, 0.2) is 0 Å². The van der Waals surface area contributed by atoms with Gasteiger partial charge >= 0.3 is 22.4 Å². The van der Waals surface area contributed by atoms with Gasteiger partial charge in [-0.1, -0.05) is 30.3 Å². The van der Waals surface area contributed by atoms with Crippen molar-refractivity contribution >= 4 is 28.3 Å². The predicted octanol–water partition coefficient (Wildman–Crippen LogP) is 0.120. The number of β-lactam (4-membered cyclic amide) rings is 1. The summed E-state index contributed by atoms with van der Waals surface area (Å²) < 4.78 is 42.0. The van der Waals surface area contributed by atoms with Crippen molar-refractivity contribution < 1.29 is 36.8 Å². The van der Waals surface area contributed by atoms with E-state index in [1.165, 1.54) is 0 Å². The van der Waals surface area contributed by atoms with Crippen LogP contribution in [0.2, 0.25) is 0 Å². The molecule has 2 saturated heterocycles. The molecule has 2 atom stereocenters. The Morgan fingerprint density at radius 2 is 1.93 bits per heavy atom. The van der Waals surface area contributed by atoms with Gasteiger partial charge in [-0.25, -0.2) is 13.9 Å². The molecule has 10 nitrogen and oxygen atoms in total. The maximum atomic E-state index is 12.4. The van der Waals surface area contributed by atoms with Gasteiger partial charge in [-0.15, -0.1) is 0 Å². The van der Waals surface area contributed by atoms with E-state index in [1.54, 1.807) is 30.3 Å². The zero-order valence-corrected chi connectivity index (χ0v) is 15.0. The highest BCUT2D eigenvalue weighted by molar-refractivity contribution is 7.84. The molecule has 1 N–H and O–H groups in total. The maximum absolute atomic E-state index is 12.4. The fourth-order valence-electron chi connectivity index (χ4n) is 3.07. The second-order valence-corrected chi connectivity index (χ2v) is 7.20. The topological polar surface area (TPSA) is 131 Å². The maximum Gasteiger partial charge on any atom is 0.411 e. The quantitative estimate of drug-likeness (QED) is 0.329. The summed E-state index contributed by atoms with van der Waals surface area (Å²) in [7, 11) is -3.71. The first-order valence-electron chi connectivity index (χ1n) is 7.80. The number of hydrogen-bond acceptors (Lipinski definition) is 7. The molecule has 2 amide bonds. The number of rotatable bonds is 4. The molecule has 2 fully saturated rings. The molecule has 0 bridgehead atoms. The van der Waals surface area contributed by atoms with Crippen LogP contribution in [0.5, 0.6) is 0 Å². The number of fused-ring (bicyclic) bond motifs is 1. The van der Waals surface area contributed by atoms with E-state index >= 15 is 0 Å². The van der Waals surface area contributed by atoms with Crippen molar-refractivity contribution in [3.05, 3.63) is 47.5 Å². The van der Waals surface area contributed by atoms with E-state index in [1.807, 2.05) is 0 Å². The lowest BCUT2D eigenvalue weighted by Crippen LogP contribution is -2.68. The molecule has 144 valence electrons. The molecule has 0 radical (unpaired) electrons. The Hall–Kier alpha value is -2.92. The van der Waals surface area contributed by atoms with Crippen LogP contribution in [-0.2, 0) is 36.0 Å². The molecule has 1 aromatic rings. The van der Waals surface area contributed by atoms with E-state index in [4.69, 9.17) is 4.74 Å². The molecule has 11 heteroatoms. The molecule has 27 heavy (non-hydrogen) atoms. The third kappa shape index (κ3) is 3.51. The summed E-state index contributed by atoms with van der Waals surface area (Å²) in [5.74, 6) is -1.76. The fraction of sp³-hybridized carbons (Fsp3) is 0.312. The largest absolute Gasteiger partial charge is 0.466 e. The SMILES string of the molecule is COC(=O)/C=C1\CN(C(=O)OCc2ccccc2)[C@@H]2C(=O)N(S(=O)(=O)O)[C@H]12. The summed E-state index contributed by atoms with van der Waals surface area (Å²) in [6, 6.07) is 6.49. The molecule has 0 unspecified atom stereocenters. The Morgan fingerprint density at radius 3 is 2.52 bits per heavy atom. The number of esters is 1. The molecule has 3 rings (SSSR count). The molecule has 2 aliphatic rings. The van der Waals surface area contributed by atoms with E-state index in [0.29, 0.717) is 0 Å². The fourth-order valence-corrected chi connectivity index (χ4v) is 3.95. The molecule has 0 aliphatic carbocycles. The van der Waals surface area contributed by atoms with Crippen LogP contribution in [0.1, 0.15) is 5.56 Å². The van der Waals surface area contributed by atoms with Crippen LogP contribution in [0, 0.1) is 0 Å². The van der Waals surface area contributed by atoms with Crippen molar-refractivity contribution in [1.29, 1.82) is 0 Å². The van der Waals surface area contributed by atoms with E-state index < -0.39 is 40.4 Å². The minimum atomic E-state index is -4.84. The molecule has 2 aliphatic heterocycles. The lowest BCUT2D eigenvalue weighted by atomic mass is 9.96. The molecule has 0 spiro atoms. The molecular formula is C16H16N2O8S. The first-order valence-corrected chi connectivity index (χ1v) is 9.20. The van der Waals surface area contributed by atoms with Gasteiger partial charge in [-0.3, -0.25) is 14.2 Å². The highest BCUT2D eigenvalue weighted by Crippen LogP contribution is 2.39. The number of carbonyl (C=O) groups is 3. The molecule has 0 aromatic heterocycles. The highest BCUT2D eigenvalue weighted by atomic mass is 32.2. The molecular weight excluding hydrogens is 380 g/mol. The average Bonchev–Trinajstić information content (AvgIpc) is 2.92. The Balaban J connectivity index is 1.81. The Labute approximate surface area is 154 Å². The highest BCUT2D eigenvalue weighted by Gasteiger charge is 2.62. The standard InChI is InChI=1S/C16H16N2O8S/c1-25-12(19)7-11-8-17(14-13(11)18(15(14)20)27(22,23)24)16(21)26-9-10-5-3-2-4-6-10/h2-7,13-14H,8-9H2,1H3,(H,22,23,24)/b11-7+/t13-,14+/m1/s1. The minimum Gasteiger partial charge on any atom is -0.466 e. The number of likely N-dealkylation sites (tertiary alicyclic amines) is 1. The van der Waals surface area contributed by atoms with Crippen molar-refractivity contribution in [2.45, 2.75) is 18.7 Å². The van der Waals surface area contributed by atoms with Crippen LogP contribution in [-0.4, -0.2) is 65.9 Å².